The molecular formula is C19H21N3OS2. The van der Waals surface area contributed by atoms with Crippen molar-refractivity contribution < 1.29 is 4.79 Å². The molecule has 0 aliphatic rings. The molecule has 2 heterocycles. The molecule has 1 aromatic carbocycles. The van der Waals surface area contributed by atoms with Crippen LogP contribution in [0.2, 0.25) is 0 Å². The third-order valence-electron chi connectivity index (χ3n) is 4.11. The summed E-state index contributed by atoms with van der Waals surface area (Å²) in [6.07, 6.45) is 3.48. The van der Waals surface area contributed by atoms with Crippen LogP contribution in [0, 0.1) is 0 Å². The van der Waals surface area contributed by atoms with Gasteiger partial charge in [0.05, 0.1) is 11.1 Å². The quantitative estimate of drug-likeness (QED) is 0.481. The maximum Gasteiger partial charge on any atom is 0.230 e. The van der Waals surface area contributed by atoms with Crippen LogP contribution in [0.25, 0.3) is 21.3 Å². The number of hydrogen-bond acceptors (Lipinski definition) is 5. The fraction of sp³-hybridized carbons (Fsp3) is 0.316. The molecule has 25 heavy (non-hydrogen) atoms. The molecule has 0 unspecified atom stereocenters. The molecule has 0 aliphatic carbocycles. The number of aromatic nitrogens is 2. The van der Waals surface area contributed by atoms with Gasteiger partial charge in [-0.3, -0.25) is 4.79 Å². The van der Waals surface area contributed by atoms with E-state index >= 15 is 0 Å². The molecule has 0 bridgehead atoms. The molecule has 0 aliphatic heterocycles. The molecule has 0 fully saturated rings. The molecule has 4 nitrogen and oxygen atoms in total. The summed E-state index contributed by atoms with van der Waals surface area (Å²) < 4.78 is 0. The summed E-state index contributed by atoms with van der Waals surface area (Å²) in [6, 6.07) is 10.5. The van der Waals surface area contributed by atoms with Crippen LogP contribution in [0.5, 0.6) is 0 Å². The van der Waals surface area contributed by atoms with Gasteiger partial charge >= 0.3 is 0 Å². The molecule has 1 N–H and O–H groups in total. The SMILES string of the molecule is CCC(CC)NC(=O)CSc1ncnc2scc(-c3ccccc3)c12. The first kappa shape index (κ1) is 17.9. The second kappa shape index (κ2) is 8.45. The summed E-state index contributed by atoms with van der Waals surface area (Å²) in [7, 11) is 0. The summed E-state index contributed by atoms with van der Waals surface area (Å²) in [5.74, 6) is 0.425. The van der Waals surface area contributed by atoms with E-state index in [-0.39, 0.29) is 11.9 Å². The molecule has 3 rings (SSSR count). The van der Waals surface area contributed by atoms with E-state index in [1.807, 2.05) is 18.2 Å². The molecular weight excluding hydrogens is 350 g/mol. The fourth-order valence-electron chi connectivity index (χ4n) is 2.68. The fourth-order valence-corrected chi connectivity index (χ4v) is 4.49. The van der Waals surface area contributed by atoms with Crippen molar-refractivity contribution in [3.05, 3.63) is 42.0 Å². The third kappa shape index (κ3) is 4.19. The number of thioether (sulfide) groups is 1. The Bertz CT molecular complexity index is 844. The number of benzene rings is 1. The van der Waals surface area contributed by atoms with Gasteiger partial charge in [-0.1, -0.05) is 55.9 Å². The highest BCUT2D eigenvalue weighted by Crippen LogP contribution is 2.37. The van der Waals surface area contributed by atoms with Gasteiger partial charge < -0.3 is 5.32 Å². The first-order valence-electron chi connectivity index (χ1n) is 8.42. The second-order valence-electron chi connectivity index (χ2n) is 5.74. The monoisotopic (exact) mass is 371 g/mol. The van der Waals surface area contributed by atoms with Gasteiger partial charge in [0, 0.05) is 17.0 Å². The van der Waals surface area contributed by atoms with Crippen LogP contribution in [0.3, 0.4) is 0 Å². The van der Waals surface area contributed by atoms with Crippen LogP contribution in [0.1, 0.15) is 26.7 Å². The number of carbonyl (C=O) groups excluding carboxylic acids is 1. The van der Waals surface area contributed by atoms with Crippen molar-refractivity contribution in [1.82, 2.24) is 15.3 Å². The van der Waals surface area contributed by atoms with E-state index in [0.29, 0.717) is 5.75 Å². The van der Waals surface area contributed by atoms with E-state index in [9.17, 15) is 4.79 Å². The lowest BCUT2D eigenvalue weighted by atomic mass is 10.1. The number of carbonyl (C=O) groups is 1. The molecule has 1 amide bonds. The summed E-state index contributed by atoms with van der Waals surface area (Å²) >= 11 is 3.09. The van der Waals surface area contributed by atoms with Gasteiger partial charge in [0.1, 0.15) is 16.2 Å². The first-order valence-corrected chi connectivity index (χ1v) is 10.3. The highest BCUT2D eigenvalue weighted by molar-refractivity contribution is 8.00. The second-order valence-corrected chi connectivity index (χ2v) is 7.57. The molecule has 0 saturated carbocycles. The van der Waals surface area contributed by atoms with Crippen LogP contribution >= 0.6 is 23.1 Å². The predicted molar refractivity (Wildman–Crippen MR) is 106 cm³/mol. The number of hydrogen-bond donors (Lipinski definition) is 1. The lowest BCUT2D eigenvalue weighted by Gasteiger charge is -2.14. The minimum absolute atomic E-state index is 0.0574. The zero-order valence-electron chi connectivity index (χ0n) is 14.4. The highest BCUT2D eigenvalue weighted by Gasteiger charge is 2.15. The average Bonchev–Trinajstić information content (AvgIpc) is 3.10. The minimum Gasteiger partial charge on any atom is -0.353 e. The molecule has 3 aromatic rings. The average molecular weight is 372 g/mol. The Morgan fingerprint density at radius 2 is 1.96 bits per heavy atom. The number of nitrogens with zero attached hydrogens (tertiary/aromatic N) is 2. The zero-order chi connectivity index (χ0) is 17.6. The van der Waals surface area contributed by atoms with Gasteiger partial charge in [0.25, 0.3) is 0 Å². The Kier molecular flexibility index (Phi) is 6.04. The number of amides is 1. The van der Waals surface area contributed by atoms with Gasteiger partial charge in [0.2, 0.25) is 5.91 Å². The summed E-state index contributed by atoms with van der Waals surface area (Å²) in [6.45, 7) is 4.18. The third-order valence-corrected chi connectivity index (χ3v) is 5.99. The Morgan fingerprint density at radius 3 is 2.68 bits per heavy atom. The molecule has 6 heteroatoms. The summed E-state index contributed by atoms with van der Waals surface area (Å²) in [5.41, 5.74) is 2.27. The van der Waals surface area contributed by atoms with E-state index in [1.54, 1.807) is 17.7 Å². The van der Waals surface area contributed by atoms with Crippen molar-refractivity contribution in [1.29, 1.82) is 0 Å². The standard InChI is InChI=1S/C19H21N3OS2/c1-3-14(4-2)22-16(23)11-25-19-17-15(13-8-6-5-7-9-13)10-24-18(17)20-12-21-19/h5-10,12,14H,3-4,11H2,1-2H3,(H,22,23). The van der Waals surface area contributed by atoms with E-state index in [2.05, 4.69) is 46.6 Å². The minimum atomic E-state index is 0.0574. The Balaban J connectivity index is 1.82. The predicted octanol–water partition coefficient (Wildman–Crippen LogP) is 4.76. The van der Waals surface area contributed by atoms with Crippen molar-refractivity contribution in [2.45, 2.75) is 37.8 Å². The van der Waals surface area contributed by atoms with Crippen molar-refractivity contribution in [3.8, 4) is 11.1 Å². The molecule has 0 saturated heterocycles. The van der Waals surface area contributed by atoms with Gasteiger partial charge in [-0.05, 0) is 18.4 Å². The normalized spacial score (nSPS) is 11.2. The van der Waals surface area contributed by atoms with Gasteiger partial charge in [-0.15, -0.1) is 11.3 Å². The maximum atomic E-state index is 12.2. The van der Waals surface area contributed by atoms with Crippen LogP contribution in [0.15, 0.2) is 47.1 Å². The van der Waals surface area contributed by atoms with E-state index in [0.717, 1.165) is 39.2 Å². The topological polar surface area (TPSA) is 54.9 Å². The van der Waals surface area contributed by atoms with E-state index in [4.69, 9.17) is 0 Å². The van der Waals surface area contributed by atoms with Gasteiger partial charge in [-0.2, -0.15) is 0 Å². The van der Waals surface area contributed by atoms with Crippen molar-refractivity contribution in [3.63, 3.8) is 0 Å². The van der Waals surface area contributed by atoms with Crippen molar-refractivity contribution in [2.24, 2.45) is 0 Å². The Hall–Kier alpha value is -1.92. The van der Waals surface area contributed by atoms with Gasteiger partial charge in [-0.25, -0.2) is 9.97 Å². The molecule has 2 aromatic heterocycles. The number of rotatable bonds is 7. The maximum absolute atomic E-state index is 12.2. The number of fused-ring (bicyclic) bond motifs is 1. The lowest BCUT2D eigenvalue weighted by molar-refractivity contribution is -0.119. The first-order chi connectivity index (χ1) is 12.2. The molecule has 0 spiro atoms. The zero-order valence-corrected chi connectivity index (χ0v) is 16.0. The lowest BCUT2D eigenvalue weighted by Crippen LogP contribution is -2.35. The van der Waals surface area contributed by atoms with Crippen LogP contribution in [-0.2, 0) is 4.79 Å². The van der Waals surface area contributed by atoms with Crippen LogP contribution in [-0.4, -0.2) is 27.7 Å². The van der Waals surface area contributed by atoms with E-state index in [1.165, 1.54) is 11.8 Å². The van der Waals surface area contributed by atoms with Gasteiger partial charge in [0.15, 0.2) is 0 Å². The van der Waals surface area contributed by atoms with Crippen molar-refractivity contribution >= 4 is 39.2 Å². The summed E-state index contributed by atoms with van der Waals surface area (Å²) in [5, 5.41) is 7.09. The highest BCUT2D eigenvalue weighted by atomic mass is 32.2. The molecule has 0 radical (unpaired) electrons. The van der Waals surface area contributed by atoms with Crippen molar-refractivity contribution in [2.75, 3.05) is 5.75 Å². The van der Waals surface area contributed by atoms with Crippen LogP contribution in [0.4, 0.5) is 0 Å². The Morgan fingerprint density at radius 1 is 1.20 bits per heavy atom. The van der Waals surface area contributed by atoms with E-state index < -0.39 is 0 Å². The number of thiophene rings is 1. The summed E-state index contributed by atoms with van der Waals surface area (Å²) in [4.78, 5) is 22.0. The molecule has 130 valence electrons. The smallest absolute Gasteiger partial charge is 0.230 e. The Labute approximate surface area is 156 Å². The van der Waals surface area contributed by atoms with Crippen LogP contribution < -0.4 is 5.32 Å². The largest absolute Gasteiger partial charge is 0.353 e. The molecule has 0 atom stereocenters. The number of nitrogens with one attached hydrogen (secondary N) is 1.